The van der Waals surface area contributed by atoms with Gasteiger partial charge in [0.2, 0.25) is 5.82 Å². The summed E-state index contributed by atoms with van der Waals surface area (Å²) in [5.41, 5.74) is 0. The second-order valence-corrected chi connectivity index (χ2v) is 7.93. The average molecular weight is 334 g/mol. The molecule has 0 atom stereocenters. The summed E-state index contributed by atoms with van der Waals surface area (Å²) >= 11 is 1.76. The normalized spacial score (nSPS) is 25.9. The molecule has 23 heavy (non-hydrogen) atoms. The third kappa shape index (κ3) is 3.62. The van der Waals surface area contributed by atoms with Crippen LogP contribution in [-0.4, -0.2) is 52.4 Å². The lowest BCUT2D eigenvalue weighted by Crippen LogP contribution is -3.29. The molecular formula is C16H26N6S+2. The Morgan fingerprint density at radius 3 is 2.74 bits per heavy atom. The molecule has 0 spiro atoms. The van der Waals surface area contributed by atoms with E-state index in [1.165, 1.54) is 56.7 Å². The van der Waals surface area contributed by atoms with Crippen LogP contribution in [0.25, 0.3) is 0 Å². The molecule has 0 radical (unpaired) electrons. The minimum absolute atomic E-state index is 0.798. The van der Waals surface area contributed by atoms with Gasteiger partial charge in [0.05, 0.1) is 12.6 Å². The summed E-state index contributed by atoms with van der Waals surface area (Å²) in [7, 11) is 0. The van der Waals surface area contributed by atoms with Gasteiger partial charge in [-0.25, -0.2) is 4.68 Å². The molecule has 2 aliphatic rings. The lowest BCUT2D eigenvalue weighted by atomic mass is 10.2. The monoisotopic (exact) mass is 334 g/mol. The standard InChI is InChI=1S/C16H24N6S/c1-2-5-14(4-1)21-9-7-20(8-10-21)13-16-17-18-19-22(16)12-15-6-3-11-23-15/h3,6,11,14H,1-2,4-5,7-10,12-13H2/p+2. The number of nitrogens with zero attached hydrogens (tertiary/aromatic N) is 4. The summed E-state index contributed by atoms with van der Waals surface area (Å²) in [6, 6.07) is 5.17. The van der Waals surface area contributed by atoms with Gasteiger partial charge in [-0.2, -0.15) is 0 Å². The highest BCUT2D eigenvalue weighted by Crippen LogP contribution is 2.15. The molecule has 1 aliphatic carbocycles. The molecule has 6 nitrogen and oxygen atoms in total. The van der Waals surface area contributed by atoms with Crippen molar-refractivity contribution in [2.45, 2.75) is 44.8 Å². The Kier molecular flexibility index (Phi) is 4.68. The van der Waals surface area contributed by atoms with Gasteiger partial charge < -0.3 is 9.80 Å². The van der Waals surface area contributed by atoms with E-state index in [1.807, 2.05) is 9.58 Å². The van der Waals surface area contributed by atoms with Gasteiger partial charge in [0.15, 0.2) is 0 Å². The van der Waals surface area contributed by atoms with Crippen molar-refractivity contribution in [3.8, 4) is 0 Å². The summed E-state index contributed by atoms with van der Waals surface area (Å²) in [5, 5.41) is 14.4. The highest BCUT2D eigenvalue weighted by atomic mass is 32.1. The first-order chi connectivity index (χ1) is 11.4. The number of thiophene rings is 1. The molecule has 2 N–H and O–H groups in total. The van der Waals surface area contributed by atoms with Crippen molar-refractivity contribution in [1.29, 1.82) is 0 Å². The van der Waals surface area contributed by atoms with E-state index in [0.717, 1.165) is 25.0 Å². The molecule has 0 amide bonds. The van der Waals surface area contributed by atoms with Gasteiger partial charge in [-0.1, -0.05) is 6.07 Å². The molecule has 1 saturated heterocycles. The molecule has 4 rings (SSSR count). The molecule has 124 valence electrons. The van der Waals surface area contributed by atoms with E-state index in [-0.39, 0.29) is 0 Å². The van der Waals surface area contributed by atoms with Crippen molar-refractivity contribution in [2.24, 2.45) is 0 Å². The number of piperazine rings is 1. The first-order valence-electron chi connectivity index (χ1n) is 8.84. The smallest absolute Gasteiger partial charge is 0.206 e. The zero-order valence-corrected chi connectivity index (χ0v) is 14.4. The van der Waals surface area contributed by atoms with Gasteiger partial charge in [0, 0.05) is 4.88 Å². The largest absolute Gasteiger partial charge is 0.323 e. The minimum Gasteiger partial charge on any atom is -0.323 e. The summed E-state index contributed by atoms with van der Waals surface area (Å²) < 4.78 is 1.97. The van der Waals surface area contributed by atoms with Crippen molar-refractivity contribution in [3.05, 3.63) is 28.2 Å². The fourth-order valence-corrected chi connectivity index (χ4v) is 4.78. The van der Waals surface area contributed by atoms with E-state index in [0.29, 0.717) is 0 Å². The zero-order chi connectivity index (χ0) is 15.5. The predicted molar refractivity (Wildman–Crippen MR) is 88.6 cm³/mol. The Hall–Kier alpha value is -1.31. The van der Waals surface area contributed by atoms with Crippen LogP contribution in [0.15, 0.2) is 17.5 Å². The van der Waals surface area contributed by atoms with Crippen molar-refractivity contribution < 1.29 is 9.80 Å². The molecule has 1 saturated carbocycles. The van der Waals surface area contributed by atoms with Gasteiger partial charge in [0.1, 0.15) is 32.7 Å². The van der Waals surface area contributed by atoms with E-state index in [1.54, 1.807) is 16.2 Å². The maximum atomic E-state index is 4.27. The topological polar surface area (TPSA) is 52.5 Å². The second-order valence-electron chi connectivity index (χ2n) is 6.90. The molecule has 2 aromatic heterocycles. The van der Waals surface area contributed by atoms with E-state index >= 15 is 0 Å². The molecular weight excluding hydrogens is 308 g/mol. The maximum Gasteiger partial charge on any atom is 0.206 e. The number of rotatable bonds is 5. The zero-order valence-electron chi connectivity index (χ0n) is 13.6. The van der Waals surface area contributed by atoms with Crippen LogP contribution in [0, 0.1) is 0 Å². The van der Waals surface area contributed by atoms with Crippen molar-refractivity contribution >= 4 is 11.3 Å². The number of tetrazole rings is 1. The first-order valence-corrected chi connectivity index (χ1v) is 9.72. The summed E-state index contributed by atoms with van der Waals surface area (Å²) in [4.78, 5) is 4.79. The molecule has 7 heteroatoms. The Bertz CT molecular complexity index is 596. The highest BCUT2D eigenvalue weighted by Gasteiger charge is 2.31. The Labute approximate surface area is 141 Å². The van der Waals surface area contributed by atoms with Gasteiger partial charge in [-0.15, -0.1) is 16.4 Å². The highest BCUT2D eigenvalue weighted by molar-refractivity contribution is 7.09. The molecule has 2 fully saturated rings. The van der Waals surface area contributed by atoms with Gasteiger partial charge >= 0.3 is 0 Å². The Morgan fingerprint density at radius 2 is 2.00 bits per heavy atom. The van der Waals surface area contributed by atoms with E-state index in [9.17, 15) is 0 Å². The minimum atomic E-state index is 0.798. The van der Waals surface area contributed by atoms with Crippen molar-refractivity contribution in [1.82, 2.24) is 20.2 Å². The van der Waals surface area contributed by atoms with Gasteiger partial charge in [-0.05, 0) is 47.6 Å². The summed E-state index contributed by atoms with van der Waals surface area (Å²) in [6.45, 7) is 6.87. The first kappa shape index (κ1) is 15.2. The summed E-state index contributed by atoms with van der Waals surface area (Å²) in [5.74, 6) is 1.03. The lowest BCUT2D eigenvalue weighted by molar-refractivity contribution is -1.03. The second kappa shape index (κ2) is 7.07. The Balaban J connectivity index is 1.32. The third-order valence-electron chi connectivity index (χ3n) is 5.43. The number of nitrogens with one attached hydrogen (secondary N) is 2. The van der Waals surface area contributed by atoms with E-state index in [4.69, 9.17) is 0 Å². The molecule has 3 heterocycles. The lowest BCUT2D eigenvalue weighted by Gasteiger charge is -2.32. The average Bonchev–Trinajstić information content (AvgIpc) is 3.32. The third-order valence-corrected chi connectivity index (χ3v) is 6.29. The van der Waals surface area contributed by atoms with Crippen molar-refractivity contribution in [2.75, 3.05) is 26.2 Å². The van der Waals surface area contributed by atoms with Crippen LogP contribution in [-0.2, 0) is 13.1 Å². The number of quaternary nitrogens is 2. The maximum absolute atomic E-state index is 4.27. The van der Waals surface area contributed by atoms with Crippen LogP contribution in [0.4, 0.5) is 0 Å². The van der Waals surface area contributed by atoms with Gasteiger partial charge in [0.25, 0.3) is 0 Å². The van der Waals surface area contributed by atoms with Gasteiger partial charge in [-0.3, -0.25) is 0 Å². The Morgan fingerprint density at radius 1 is 1.17 bits per heavy atom. The fourth-order valence-electron chi connectivity index (χ4n) is 4.09. The molecule has 0 aromatic carbocycles. The summed E-state index contributed by atoms with van der Waals surface area (Å²) in [6.07, 6.45) is 5.79. The number of hydrogen-bond donors (Lipinski definition) is 2. The fraction of sp³-hybridized carbons (Fsp3) is 0.688. The number of aromatic nitrogens is 4. The molecule has 0 unspecified atom stereocenters. The van der Waals surface area contributed by atoms with Crippen LogP contribution in [0.3, 0.4) is 0 Å². The quantitative estimate of drug-likeness (QED) is 0.738. The molecule has 0 bridgehead atoms. The SMILES string of the molecule is c1csc(Cn2nnnc2C[NH+]2CC[NH+](C3CCCC3)CC2)c1. The molecule has 2 aromatic rings. The van der Waals surface area contributed by atoms with Crippen LogP contribution in [0.2, 0.25) is 0 Å². The van der Waals surface area contributed by atoms with E-state index < -0.39 is 0 Å². The van der Waals surface area contributed by atoms with Crippen LogP contribution >= 0.6 is 11.3 Å². The van der Waals surface area contributed by atoms with Crippen molar-refractivity contribution in [3.63, 3.8) is 0 Å². The van der Waals surface area contributed by atoms with Crippen LogP contribution in [0.5, 0.6) is 0 Å². The van der Waals surface area contributed by atoms with E-state index in [2.05, 4.69) is 33.0 Å². The van der Waals surface area contributed by atoms with Crippen LogP contribution < -0.4 is 9.80 Å². The number of hydrogen-bond acceptors (Lipinski definition) is 4. The van der Waals surface area contributed by atoms with Crippen LogP contribution in [0.1, 0.15) is 36.4 Å². The molecule has 1 aliphatic heterocycles. The predicted octanol–water partition coefficient (Wildman–Crippen LogP) is -0.991.